The second-order valence-corrected chi connectivity index (χ2v) is 7.39. The Morgan fingerprint density at radius 3 is 2.40 bits per heavy atom. The molecule has 2 aromatic carbocycles. The highest BCUT2D eigenvalue weighted by molar-refractivity contribution is 6.05. The molecule has 9 nitrogen and oxygen atoms in total. The molecule has 174 valence electrons. The molecule has 0 unspecified atom stereocenters. The first-order chi connectivity index (χ1) is 17.0. The zero-order valence-corrected chi connectivity index (χ0v) is 18.4. The van der Waals surface area contributed by atoms with Gasteiger partial charge in [0.2, 0.25) is 0 Å². The van der Waals surface area contributed by atoms with Crippen molar-refractivity contribution in [1.29, 1.82) is 0 Å². The molecule has 0 aliphatic carbocycles. The molecule has 4 rings (SSSR count). The van der Waals surface area contributed by atoms with E-state index in [0.29, 0.717) is 11.1 Å². The molecule has 0 saturated heterocycles. The fourth-order valence-corrected chi connectivity index (χ4v) is 3.28. The van der Waals surface area contributed by atoms with E-state index in [-0.39, 0.29) is 29.4 Å². The molecule has 0 saturated carbocycles. The molecule has 0 radical (unpaired) electrons. The van der Waals surface area contributed by atoms with Crippen molar-refractivity contribution in [3.05, 3.63) is 124 Å². The first-order valence-corrected chi connectivity index (χ1v) is 10.6. The number of aromatic nitrogens is 1. The smallest absolute Gasteiger partial charge is 0.280 e. The molecule has 0 aliphatic heterocycles. The molecule has 0 bridgehead atoms. The Labute approximate surface area is 200 Å². The molecule has 0 aliphatic rings. The maximum absolute atomic E-state index is 13.0. The van der Waals surface area contributed by atoms with E-state index in [1.165, 1.54) is 12.1 Å². The lowest BCUT2D eigenvalue weighted by molar-refractivity contribution is -0.384. The fraction of sp³-hybridized carbons (Fsp3) is 0.0385. The van der Waals surface area contributed by atoms with Gasteiger partial charge in [-0.2, -0.15) is 0 Å². The third-order valence-corrected chi connectivity index (χ3v) is 5.01. The van der Waals surface area contributed by atoms with Crippen molar-refractivity contribution in [3.63, 3.8) is 0 Å². The molecule has 2 amide bonds. The highest BCUT2D eigenvalue weighted by Gasteiger charge is 2.19. The van der Waals surface area contributed by atoms with Gasteiger partial charge >= 0.3 is 0 Å². The second kappa shape index (κ2) is 10.7. The van der Waals surface area contributed by atoms with Crippen molar-refractivity contribution >= 4 is 23.6 Å². The molecule has 4 aromatic rings. The highest BCUT2D eigenvalue weighted by Crippen LogP contribution is 2.31. The Morgan fingerprint density at radius 1 is 0.943 bits per heavy atom. The number of nitrogens with one attached hydrogen (secondary N) is 2. The van der Waals surface area contributed by atoms with Gasteiger partial charge in [0.05, 0.1) is 10.5 Å². The number of para-hydroxylation sites is 1. The van der Waals surface area contributed by atoms with Gasteiger partial charge in [0, 0.05) is 36.6 Å². The number of rotatable bonds is 8. The van der Waals surface area contributed by atoms with Crippen LogP contribution in [-0.4, -0.2) is 21.7 Å². The van der Waals surface area contributed by atoms with Gasteiger partial charge in [-0.3, -0.25) is 24.7 Å². The van der Waals surface area contributed by atoms with Crippen LogP contribution < -0.4 is 10.6 Å². The first kappa shape index (κ1) is 23.1. The van der Waals surface area contributed by atoms with Crippen molar-refractivity contribution < 1.29 is 18.9 Å². The van der Waals surface area contributed by atoms with E-state index in [2.05, 4.69) is 15.6 Å². The number of furan rings is 1. The van der Waals surface area contributed by atoms with Gasteiger partial charge in [-0.25, -0.2) is 0 Å². The third kappa shape index (κ3) is 5.85. The normalized spacial score (nSPS) is 11.0. The van der Waals surface area contributed by atoms with Crippen LogP contribution in [0.25, 0.3) is 17.4 Å². The Balaban J connectivity index is 1.61. The van der Waals surface area contributed by atoms with Gasteiger partial charge in [-0.05, 0) is 48.0 Å². The minimum absolute atomic E-state index is 0.0450. The summed E-state index contributed by atoms with van der Waals surface area (Å²) in [6.07, 6.45) is 4.60. The van der Waals surface area contributed by atoms with Crippen LogP contribution in [0.1, 0.15) is 21.7 Å². The molecule has 0 atom stereocenters. The molecule has 2 aromatic heterocycles. The van der Waals surface area contributed by atoms with Crippen LogP contribution in [0.5, 0.6) is 0 Å². The van der Waals surface area contributed by atoms with E-state index >= 15 is 0 Å². The van der Waals surface area contributed by atoms with Crippen molar-refractivity contribution in [2.24, 2.45) is 0 Å². The number of benzene rings is 2. The van der Waals surface area contributed by atoms with Gasteiger partial charge in [0.25, 0.3) is 17.5 Å². The molecule has 0 spiro atoms. The highest BCUT2D eigenvalue weighted by atomic mass is 16.6. The summed E-state index contributed by atoms with van der Waals surface area (Å²) >= 11 is 0. The summed E-state index contributed by atoms with van der Waals surface area (Å²) in [7, 11) is 0. The lowest BCUT2D eigenvalue weighted by Gasteiger charge is -2.11. The Morgan fingerprint density at radius 2 is 1.66 bits per heavy atom. The summed E-state index contributed by atoms with van der Waals surface area (Å²) in [4.78, 5) is 40.5. The minimum Gasteiger partial charge on any atom is -0.456 e. The quantitative estimate of drug-likeness (QED) is 0.225. The predicted molar refractivity (Wildman–Crippen MR) is 129 cm³/mol. The summed E-state index contributed by atoms with van der Waals surface area (Å²) in [5.74, 6) is -0.508. The summed E-state index contributed by atoms with van der Waals surface area (Å²) in [6, 6.07) is 21.3. The molecular formula is C26H20N4O5. The Kier molecular flexibility index (Phi) is 7.08. The fourth-order valence-electron chi connectivity index (χ4n) is 3.28. The maximum Gasteiger partial charge on any atom is 0.280 e. The van der Waals surface area contributed by atoms with Crippen LogP contribution in [0.2, 0.25) is 0 Å². The van der Waals surface area contributed by atoms with Crippen LogP contribution in [0.3, 0.4) is 0 Å². The SMILES string of the molecule is O=C(NCc1ccncc1)/C(=C/c1ccc(-c2ccccc2[N+](=O)[O-])o1)NC(=O)c1ccccc1. The van der Waals surface area contributed by atoms with E-state index < -0.39 is 16.7 Å². The van der Waals surface area contributed by atoms with Gasteiger partial charge in [0.15, 0.2) is 0 Å². The molecule has 2 N–H and O–H groups in total. The van der Waals surface area contributed by atoms with Gasteiger partial charge < -0.3 is 15.1 Å². The predicted octanol–water partition coefficient (Wildman–Crippen LogP) is 4.34. The number of carbonyl (C=O) groups is 2. The number of nitro groups is 1. The number of amides is 2. The van der Waals surface area contributed by atoms with Crippen LogP contribution in [0, 0.1) is 10.1 Å². The Bertz CT molecular complexity index is 1380. The van der Waals surface area contributed by atoms with Gasteiger partial charge in [-0.1, -0.05) is 30.3 Å². The molecule has 2 heterocycles. The lowest BCUT2D eigenvalue weighted by Crippen LogP contribution is -2.34. The molecule has 9 heteroatoms. The standard InChI is InChI=1S/C26H20N4O5/c31-25(19-6-2-1-3-7-19)29-22(26(32)28-17-18-12-14-27-15-13-18)16-20-10-11-24(35-20)21-8-4-5-9-23(21)30(33)34/h1-16H,17H2,(H,28,32)(H,29,31)/b22-16-. The van der Waals surface area contributed by atoms with Crippen molar-refractivity contribution in [2.45, 2.75) is 6.54 Å². The van der Waals surface area contributed by atoms with Gasteiger partial charge in [-0.15, -0.1) is 0 Å². The summed E-state index contributed by atoms with van der Waals surface area (Å²) in [6.45, 7) is 0.222. The van der Waals surface area contributed by atoms with E-state index in [9.17, 15) is 19.7 Å². The lowest BCUT2D eigenvalue weighted by atomic mass is 10.1. The zero-order valence-electron chi connectivity index (χ0n) is 18.4. The summed E-state index contributed by atoms with van der Waals surface area (Å²) in [5.41, 5.74) is 1.36. The average Bonchev–Trinajstić information content (AvgIpc) is 3.36. The van der Waals surface area contributed by atoms with E-state index in [0.717, 1.165) is 5.56 Å². The number of carbonyl (C=O) groups excluding carboxylic acids is 2. The molecule has 0 fully saturated rings. The number of nitro benzene ring substituents is 1. The largest absolute Gasteiger partial charge is 0.456 e. The number of hydrogen-bond acceptors (Lipinski definition) is 6. The first-order valence-electron chi connectivity index (χ1n) is 10.6. The number of hydrogen-bond donors (Lipinski definition) is 2. The van der Waals surface area contributed by atoms with Crippen molar-refractivity contribution in [1.82, 2.24) is 15.6 Å². The van der Waals surface area contributed by atoms with E-state index in [1.807, 2.05) is 0 Å². The number of nitrogens with zero attached hydrogens (tertiary/aromatic N) is 2. The van der Waals surface area contributed by atoms with Crippen LogP contribution >= 0.6 is 0 Å². The zero-order chi connectivity index (χ0) is 24.6. The van der Waals surface area contributed by atoms with Crippen LogP contribution in [0.15, 0.2) is 101 Å². The topological polar surface area (TPSA) is 127 Å². The van der Waals surface area contributed by atoms with E-state index in [1.54, 1.807) is 85.2 Å². The molecule has 35 heavy (non-hydrogen) atoms. The second-order valence-electron chi connectivity index (χ2n) is 7.39. The third-order valence-electron chi connectivity index (χ3n) is 5.01. The summed E-state index contributed by atoms with van der Waals surface area (Å²) < 4.78 is 5.77. The van der Waals surface area contributed by atoms with Crippen LogP contribution in [0.4, 0.5) is 5.69 Å². The minimum atomic E-state index is -0.533. The molecular weight excluding hydrogens is 448 g/mol. The number of pyridine rings is 1. The summed E-state index contributed by atoms with van der Waals surface area (Å²) in [5, 5.41) is 16.7. The van der Waals surface area contributed by atoms with Crippen LogP contribution in [-0.2, 0) is 11.3 Å². The monoisotopic (exact) mass is 468 g/mol. The maximum atomic E-state index is 13.0. The average molecular weight is 468 g/mol. The Hall–Kier alpha value is -5.05. The van der Waals surface area contributed by atoms with Crippen molar-refractivity contribution in [2.75, 3.05) is 0 Å². The van der Waals surface area contributed by atoms with Gasteiger partial charge in [0.1, 0.15) is 17.2 Å². The van der Waals surface area contributed by atoms with Crippen molar-refractivity contribution in [3.8, 4) is 11.3 Å². The van der Waals surface area contributed by atoms with E-state index in [4.69, 9.17) is 4.42 Å².